The van der Waals surface area contributed by atoms with Crippen LogP contribution in [0.3, 0.4) is 0 Å². The van der Waals surface area contributed by atoms with Gasteiger partial charge in [-0.1, -0.05) is 13.8 Å². The maximum atomic E-state index is 4.55. The highest BCUT2D eigenvalue weighted by Gasteiger charge is 2.09. The molecule has 1 aromatic heterocycles. The summed E-state index contributed by atoms with van der Waals surface area (Å²) in [4.78, 5) is 7.99. The van der Waals surface area contributed by atoms with Gasteiger partial charge in [-0.2, -0.15) is 4.99 Å². The second-order valence-corrected chi connectivity index (χ2v) is 2.99. The molecular formula is C9H13N3S. The molecule has 0 amide bonds. The third kappa shape index (κ3) is 2.23. The lowest BCUT2D eigenvalue weighted by Gasteiger charge is -2.14. The Kier molecular flexibility index (Phi) is 3.80. The van der Waals surface area contributed by atoms with Crippen molar-refractivity contribution in [3.8, 4) is 0 Å². The molecule has 0 radical (unpaired) electrons. The van der Waals surface area contributed by atoms with Crippen molar-refractivity contribution < 1.29 is 0 Å². The van der Waals surface area contributed by atoms with Gasteiger partial charge in [0.2, 0.25) is 5.95 Å². The van der Waals surface area contributed by atoms with Crippen LogP contribution in [0.1, 0.15) is 32.7 Å². The van der Waals surface area contributed by atoms with Crippen LogP contribution in [0.4, 0.5) is 5.95 Å². The predicted molar refractivity (Wildman–Crippen MR) is 56.5 cm³/mol. The fourth-order valence-corrected chi connectivity index (χ4v) is 1.48. The van der Waals surface area contributed by atoms with E-state index in [2.05, 4.69) is 41.2 Å². The van der Waals surface area contributed by atoms with Crippen LogP contribution in [0.25, 0.3) is 0 Å². The Hall–Kier alpha value is -0.990. The lowest BCUT2D eigenvalue weighted by molar-refractivity contribution is 0.475. The van der Waals surface area contributed by atoms with Gasteiger partial charge in [-0.15, -0.1) is 0 Å². The van der Waals surface area contributed by atoms with Crippen molar-refractivity contribution in [3.63, 3.8) is 0 Å². The van der Waals surface area contributed by atoms with Crippen LogP contribution in [0.2, 0.25) is 0 Å². The first-order chi connectivity index (χ1) is 6.33. The van der Waals surface area contributed by atoms with Gasteiger partial charge < -0.3 is 4.57 Å². The van der Waals surface area contributed by atoms with E-state index in [9.17, 15) is 0 Å². The number of thiocarbonyl (C=S) groups is 1. The first kappa shape index (κ1) is 10.1. The fraction of sp³-hybridized carbons (Fsp3) is 0.556. The Balaban J connectivity index is 2.97. The Morgan fingerprint density at radius 1 is 1.62 bits per heavy atom. The standard InChI is InChI=1S/C9H13N3S/c1-3-8(4-2)12-6-5-10-9(12)11-7-13/h5-6,8H,3-4H2,1-2H3. The minimum Gasteiger partial charge on any atom is -0.312 e. The van der Waals surface area contributed by atoms with Crippen molar-refractivity contribution in [2.24, 2.45) is 4.99 Å². The second-order valence-electron chi connectivity index (χ2n) is 2.81. The quantitative estimate of drug-likeness (QED) is 0.546. The van der Waals surface area contributed by atoms with Crippen LogP contribution in [-0.2, 0) is 0 Å². The van der Waals surface area contributed by atoms with Gasteiger partial charge in [-0.05, 0) is 25.1 Å². The molecule has 0 aliphatic carbocycles. The zero-order valence-electron chi connectivity index (χ0n) is 7.90. The van der Waals surface area contributed by atoms with E-state index in [1.807, 2.05) is 10.8 Å². The number of hydrogen-bond donors (Lipinski definition) is 0. The van der Waals surface area contributed by atoms with Crippen molar-refractivity contribution in [2.75, 3.05) is 0 Å². The van der Waals surface area contributed by atoms with Gasteiger partial charge in [-0.3, -0.25) is 0 Å². The van der Waals surface area contributed by atoms with E-state index in [1.54, 1.807) is 6.20 Å². The highest BCUT2D eigenvalue weighted by molar-refractivity contribution is 7.78. The van der Waals surface area contributed by atoms with Gasteiger partial charge >= 0.3 is 0 Å². The summed E-state index contributed by atoms with van der Waals surface area (Å²) in [5, 5.41) is 2.34. The monoisotopic (exact) mass is 195 g/mol. The van der Waals surface area contributed by atoms with Gasteiger partial charge in [0, 0.05) is 18.4 Å². The third-order valence-electron chi connectivity index (χ3n) is 2.13. The van der Waals surface area contributed by atoms with E-state index in [-0.39, 0.29) is 0 Å². The highest BCUT2D eigenvalue weighted by atomic mass is 32.1. The summed E-state index contributed by atoms with van der Waals surface area (Å²) in [6, 6.07) is 0.463. The summed E-state index contributed by atoms with van der Waals surface area (Å²) >= 11 is 4.55. The number of hydrogen-bond acceptors (Lipinski definition) is 3. The summed E-state index contributed by atoms with van der Waals surface area (Å²) < 4.78 is 2.04. The van der Waals surface area contributed by atoms with Crippen molar-refractivity contribution in [2.45, 2.75) is 32.7 Å². The molecule has 13 heavy (non-hydrogen) atoms. The predicted octanol–water partition coefficient (Wildman–Crippen LogP) is 2.98. The van der Waals surface area contributed by atoms with Gasteiger partial charge in [0.05, 0.1) is 5.16 Å². The average Bonchev–Trinajstić information content (AvgIpc) is 2.57. The van der Waals surface area contributed by atoms with Crippen LogP contribution < -0.4 is 0 Å². The number of aliphatic imine (C=N–C) groups is 1. The molecule has 0 atom stereocenters. The molecule has 0 aromatic carbocycles. The SMILES string of the molecule is CCC(CC)n1ccnc1N=C=S. The molecule has 0 aliphatic heterocycles. The second kappa shape index (κ2) is 4.90. The summed E-state index contributed by atoms with van der Waals surface area (Å²) in [5.74, 6) is 0.656. The van der Waals surface area contributed by atoms with Crippen molar-refractivity contribution in [1.82, 2.24) is 9.55 Å². The van der Waals surface area contributed by atoms with Gasteiger partial charge in [-0.25, -0.2) is 4.98 Å². The number of nitrogens with zero attached hydrogens (tertiary/aromatic N) is 3. The maximum Gasteiger partial charge on any atom is 0.238 e. The summed E-state index contributed by atoms with van der Waals surface area (Å²) in [6.07, 6.45) is 5.83. The largest absolute Gasteiger partial charge is 0.312 e. The van der Waals surface area contributed by atoms with Crippen LogP contribution in [0.15, 0.2) is 17.4 Å². The maximum absolute atomic E-state index is 4.55. The fourth-order valence-electron chi connectivity index (χ4n) is 1.40. The van der Waals surface area contributed by atoms with E-state index in [1.165, 1.54) is 0 Å². The molecule has 70 valence electrons. The van der Waals surface area contributed by atoms with Gasteiger partial charge in [0.15, 0.2) is 0 Å². The molecule has 0 unspecified atom stereocenters. The zero-order valence-corrected chi connectivity index (χ0v) is 8.71. The Morgan fingerprint density at radius 2 is 2.31 bits per heavy atom. The molecule has 0 bridgehead atoms. The molecule has 0 fully saturated rings. The Bertz CT molecular complexity index is 308. The van der Waals surface area contributed by atoms with Gasteiger partial charge in [0.25, 0.3) is 0 Å². The minimum atomic E-state index is 0.463. The first-order valence-electron chi connectivity index (χ1n) is 4.44. The highest BCUT2D eigenvalue weighted by Crippen LogP contribution is 2.21. The number of rotatable bonds is 4. The van der Waals surface area contributed by atoms with E-state index >= 15 is 0 Å². The van der Waals surface area contributed by atoms with E-state index < -0.39 is 0 Å². The van der Waals surface area contributed by atoms with E-state index in [4.69, 9.17) is 0 Å². The lowest BCUT2D eigenvalue weighted by atomic mass is 10.2. The normalized spacial score (nSPS) is 10.1. The average molecular weight is 195 g/mol. The van der Waals surface area contributed by atoms with E-state index in [0.29, 0.717) is 12.0 Å². The molecule has 3 nitrogen and oxygen atoms in total. The van der Waals surface area contributed by atoms with Crippen LogP contribution in [0, 0.1) is 0 Å². The van der Waals surface area contributed by atoms with Crippen molar-refractivity contribution in [3.05, 3.63) is 12.4 Å². The molecule has 1 aromatic rings. The summed E-state index contributed by atoms with van der Waals surface area (Å²) in [7, 11) is 0. The molecule has 4 heteroatoms. The molecule has 0 saturated carbocycles. The van der Waals surface area contributed by atoms with Crippen molar-refractivity contribution >= 4 is 23.3 Å². The number of aromatic nitrogens is 2. The van der Waals surface area contributed by atoms with E-state index in [0.717, 1.165) is 12.8 Å². The number of isothiocyanates is 1. The van der Waals surface area contributed by atoms with Crippen LogP contribution >= 0.6 is 12.2 Å². The smallest absolute Gasteiger partial charge is 0.238 e. The zero-order chi connectivity index (χ0) is 9.68. The van der Waals surface area contributed by atoms with Crippen LogP contribution in [-0.4, -0.2) is 14.7 Å². The molecule has 0 spiro atoms. The Morgan fingerprint density at radius 3 is 2.85 bits per heavy atom. The van der Waals surface area contributed by atoms with Gasteiger partial charge in [0.1, 0.15) is 0 Å². The molecule has 1 heterocycles. The Labute approximate surface area is 83.5 Å². The molecule has 1 rings (SSSR count). The molecule has 0 aliphatic rings. The molecule has 0 saturated heterocycles. The summed E-state index contributed by atoms with van der Waals surface area (Å²) in [5.41, 5.74) is 0. The minimum absolute atomic E-state index is 0.463. The first-order valence-corrected chi connectivity index (χ1v) is 4.85. The lowest BCUT2D eigenvalue weighted by Crippen LogP contribution is -2.04. The molecular weight excluding hydrogens is 182 g/mol. The summed E-state index contributed by atoms with van der Waals surface area (Å²) in [6.45, 7) is 4.30. The number of imidazole rings is 1. The molecule has 0 N–H and O–H groups in total. The van der Waals surface area contributed by atoms with Crippen LogP contribution in [0.5, 0.6) is 0 Å². The third-order valence-corrected chi connectivity index (χ3v) is 2.22. The van der Waals surface area contributed by atoms with Crippen molar-refractivity contribution in [1.29, 1.82) is 0 Å². The topological polar surface area (TPSA) is 30.2 Å².